The highest BCUT2D eigenvalue weighted by molar-refractivity contribution is 6.31. The Hall–Kier alpha value is -2.04. The number of H-pyrrole nitrogens is 1. The van der Waals surface area contributed by atoms with Crippen molar-refractivity contribution in [3.63, 3.8) is 0 Å². The lowest BCUT2D eigenvalue weighted by atomic mass is 10.0. The van der Waals surface area contributed by atoms with Crippen LogP contribution in [0.2, 0.25) is 5.02 Å². The number of hydrogen-bond acceptors (Lipinski definition) is 3. The Balaban J connectivity index is 1.60. The molecule has 5 heteroatoms. The largest absolute Gasteiger partial charge is 0.497 e. The fourth-order valence-electron chi connectivity index (χ4n) is 3.28. The summed E-state index contributed by atoms with van der Waals surface area (Å²) in [5.41, 5.74) is 4.81. The van der Waals surface area contributed by atoms with Crippen LogP contribution >= 0.6 is 11.6 Å². The number of nitrogens with zero attached hydrogens (tertiary/aromatic N) is 2. The van der Waals surface area contributed by atoms with Crippen molar-refractivity contribution in [2.75, 3.05) is 13.7 Å². The monoisotopic (exact) mass is 327 g/mol. The van der Waals surface area contributed by atoms with Crippen LogP contribution in [0.1, 0.15) is 16.8 Å². The smallest absolute Gasteiger partial charge is 0.137 e. The van der Waals surface area contributed by atoms with Crippen LogP contribution in [0, 0.1) is 0 Å². The molecule has 118 valence electrons. The van der Waals surface area contributed by atoms with Crippen LogP contribution in [0.25, 0.3) is 11.0 Å². The molecule has 1 aliphatic rings. The number of nitrogens with one attached hydrogen (secondary N) is 1. The molecule has 3 heterocycles. The average molecular weight is 328 g/mol. The van der Waals surface area contributed by atoms with Crippen LogP contribution in [0.5, 0.6) is 5.75 Å². The van der Waals surface area contributed by atoms with Crippen LogP contribution in [0.4, 0.5) is 0 Å². The van der Waals surface area contributed by atoms with Gasteiger partial charge in [0.2, 0.25) is 0 Å². The first-order chi connectivity index (χ1) is 11.2. The van der Waals surface area contributed by atoms with Crippen LogP contribution in [0.3, 0.4) is 0 Å². The second-order valence-corrected chi connectivity index (χ2v) is 6.38. The number of fused-ring (bicyclic) bond motifs is 3. The van der Waals surface area contributed by atoms with E-state index in [9.17, 15) is 0 Å². The maximum Gasteiger partial charge on any atom is 0.137 e. The molecule has 1 N–H and O–H groups in total. The molecular weight excluding hydrogens is 310 g/mol. The second kappa shape index (κ2) is 5.87. The van der Waals surface area contributed by atoms with Crippen LogP contribution in [0.15, 0.2) is 36.5 Å². The van der Waals surface area contributed by atoms with Gasteiger partial charge in [0.05, 0.1) is 12.1 Å². The zero-order valence-electron chi connectivity index (χ0n) is 13.0. The van der Waals surface area contributed by atoms with Gasteiger partial charge in [-0.2, -0.15) is 0 Å². The molecule has 0 atom stereocenters. The molecule has 4 nitrogen and oxygen atoms in total. The van der Waals surface area contributed by atoms with Gasteiger partial charge in [0, 0.05) is 43.3 Å². The molecule has 0 saturated carbocycles. The first-order valence-electron chi connectivity index (χ1n) is 7.73. The Labute approximate surface area is 140 Å². The van der Waals surface area contributed by atoms with Crippen molar-refractivity contribution < 1.29 is 4.74 Å². The molecule has 0 radical (unpaired) electrons. The molecule has 0 saturated heterocycles. The second-order valence-electron chi connectivity index (χ2n) is 5.94. The zero-order chi connectivity index (χ0) is 15.8. The highest BCUT2D eigenvalue weighted by Gasteiger charge is 2.21. The Morgan fingerprint density at radius 1 is 1.35 bits per heavy atom. The quantitative estimate of drug-likeness (QED) is 0.796. The van der Waals surface area contributed by atoms with Crippen molar-refractivity contribution in [1.29, 1.82) is 0 Å². The summed E-state index contributed by atoms with van der Waals surface area (Å²) in [6.07, 6.45) is 2.70. The summed E-state index contributed by atoms with van der Waals surface area (Å²) in [6, 6.07) is 10.3. The summed E-state index contributed by atoms with van der Waals surface area (Å²) in [5.74, 6) is 0.906. The molecule has 1 aliphatic heterocycles. The number of methoxy groups -OCH3 is 1. The normalized spacial score (nSPS) is 14.9. The van der Waals surface area contributed by atoms with E-state index in [1.807, 2.05) is 18.2 Å². The van der Waals surface area contributed by atoms with E-state index in [0.29, 0.717) is 5.02 Å². The summed E-state index contributed by atoms with van der Waals surface area (Å²) in [6.45, 7) is 2.86. The molecule has 0 amide bonds. The number of hydrogen-bond donors (Lipinski definition) is 1. The van der Waals surface area contributed by atoms with E-state index < -0.39 is 0 Å². The third-order valence-electron chi connectivity index (χ3n) is 4.41. The Kier molecular flexibility index (Phi) is 3.71. The molecule has 0 bridgehead atoms. The van der Waals surface area contributed by atoms with Gasteiger partial charge in [-0.25, -0.2) is 4.98 Å². The summed E-state index contributed by atoms with van der Waals surface area (Å²) in [5, 5.41) is 1.83. The molecule has 4 rings (SSSR count). The van der Waals surface area contributed by atoms with Crippen molar-refractivity contribution in [3.05, 3.63) is 58.4 Å². The lowest BCUT2D eigenvalue weighted by molar-refractivity contribution is 0.245. The third kappa shape index (κ3) is 2.80. The molecule has 0 fully saturated rings. The molecule has 23 heavy (non-hydrogen) atoms. The molecule has 0 aliphatic carbocycles. The minimum absolute atomic E-state index is 0.684. The lowest BCUT2D eigenvalue weighted by Gasteiger charge is -2.27. The van der Waals surface area contributed by atoms with Crippen molar-refractivity contribution in [1.82, 2.24) is 14.9 Å². The topological polar surface area (TPSA) is 41.1 Å². The van der Waals surface area contributed by atoms with E-state index in [4.69, 9.17) is 16.3 Å². The number of ether oxygens (including phenoxy) is 1. The Morgan fingerprint density at radius 2 is 2.26 bits per heavy atom. The SMILES string of the molecule is COc1cccc(CN2CCc3[nH]c4ncc(Cl)cc4c3C2)c1. The first-order valence-corrected chi connectivity index (χ1v) is 8.11. The van der Waals surface area contributed by atoms with Gasteiger partial charge in [0.15, 0.2) is 0 Å². The number of rotatable bonds is 3. The maximum absolute atomic E-state index is 6.11. The standard InChI is InChI=1S/C18H18ClN3O/c1-23-14-4-2-3-12(7-14)10-22-6-5-17-16(11-22)15-8-13(19)9-20-18(15)21-17/h2-4,7-9H,5-6,10-11H2,1H3,(H,20,21). The van der Waals surface area contributed by atoms with Crippen LogP contribution < -0.4 is 4.74 Å². The van der Waals surface area contributed by atoms with Crippen LogP contribution in [-0.4, -0.2) is 28.5 Å². The molecule has 0 unspecified atom stereocenters. The molecular formula is C18H18ClN3O. The number of aromatic nitrogens is 2. The number of benzene rings is 1. The van der Waals surface area contributed by atoms with Gasteiger partial charge in [0.1, 0.15) is 11.4 Å². The molecule has 1 aromatic carbocycles. The van der Waals surface area contributed by atoms with Crippen molar-refractivity contribution in [3.8, 4) is 5.75 Å². The van der Waals surface area contributed by atoms with Gasteiger partial charge < -0.3 is 9.72 Å². The molecule has 3 aromatic rings. The minimum atomic E-state index is 0.684. The summed E-state index contributed by atoms with van der Waals surface area (Å²) in [4.78, 5) is 10.3. The van der Waals surface area contributed by atoms with E-state index in [2.05, 4.69) is 27.0 Å². The first kappa shape index (κ1) is 14.5. The van der Waals surface area contributed by atoms with Crippen molar-refractivity contribution in [2.45, 2.75) is 19.5 Å². The predicted octanol–water partition coefficient (Wildman–Crippen LogP) is 3.78. The fourth-order valence-corrected chi connectivity index (χ4v) is 3.44. The highest BCUT2D eigenvalue weighted by atomic mass is 35.5. The van der Waals surface area contributed by atoms with Gasteiger partial charge >= 0.3 is 0 Å². The van der Waals surface area contributed by atoms with E-state index in [1.54, 1.807) is 13.3 Å². The molecule has 0 spiro atoms. The lowest BCUT2D eigenvalue weighted by Crippen LogP contribution is -2.29. The highest BCUT2D eigenvalue weighted by Crippen LogP contribution is 2.29. The average Bonchev–Trinajstić information content (AvgIpc) is 2.92. The van der Waals surface area contributed by atoms with E-state index in [1.165, 1.54) is 16.8 Å². The summed E-state index contributed by atoms with van der Waals surface area (Å²) in [7, 11) is 1.70. The van der Waals surface area contributed by atoms with Crippen molar-refractivity contribution in [2.24, 2.45) is 0 Å². The van der Waals surface area contributed by atoms with E-state index in [-0.39, 0.29) is 0 Å². The van der Waals surface area contributed by atoms with Gasteiger partial charge in [-0.15, -0.1) is 0 Å². The summed E-state index contributed by atoms with van der Waals surface area (Å²) < 4.78 is 5.31. The number of halogens is 1. The maximum atomic E-state index is 6.11. The van der Waals surface area contributed by atoms with Crippen molar-refractivity contribution >= 4 is 22.6 Å². The van der Waals surface area contributed by atoms with Gasteiger partial charge in [-0.3, -0.25) is 4.90 Å². The van der Waals surface area contributed by atoms with Gasteiger partial charge in [0.25, 0.3) is 0 Å². The zero-order valence-corrected chi connectivity index (χ0v) is 13.7. The number of pyridine rings is 1. The third-order valence-corrected chi connectivity index (χ3v) is 4.62. The fraction of sp³-hybridized carbons (Fsp3) is 0.278. The minimum Gasteiger partial charge on any atom is -0.497 e. The Morgan fingerprint density at radius 3 is 3.13 bits per heavy atom. The molecule has 2 aromatic heterocycles. The Bertz CT molecular complexity index is 859. The van der Waals surface area contributed by atoms with E-state index >= 15 is 0 Å². The van der Waals surface area contributed by atoms with Gasteiger partial charge in [-0.05, 0) is 29.3 Å². The number of aromatic amines is 1. The van der Waals surface area contributed by atoms with Crippen LogP contribution in [-0.2, 0) is 19.5 Å². The van der Waals surface area contributed by atoms with Gasteiger partial charge in [-0.1, -0.05) is 23.7 Å². The predicted molar refractivity (Wildman–Crippen MR) is 91.9 cm³/mol. The summed E-state index contributed by atoms with van der Waals surface area (Å²) >= 11 is 6.11. The van der Waals surface area contributed by atoms with E-state index in [0.717, 1.165) is 42.8 Å².